The lowest BCUT2D eigenvalue weighted by Crippen LogP contribution is -2.19. The third-order valence-corrected chi connectivity index (χ3v) is 17.2. The van der Waals surface area contributed by atoms with Crippen LogP contribution in [0.25, 0.3) is 76.2 Å². The van der Waals surface area contributed by atoms with Gasteiger partial charge in [-0.05, 0) is 127 Å². The molecule has 0 aliphatic rings. The Labute approximate surface area is 462 Å². The number of benzene rings is 12. The van der Waals surface area contributed by atoms with E-state index in [1.54, 1.807) is 0 Å². The quantitative estimate of drug-likeness (QED) is 0.114. The van der Waals surface area contributed by atoms with Gasteiger partial charge in [0.25, 0.3) is 0 Å². The molecule has 0 bridgehead atoms. The lowest BCUT2D eigenvalue weighted by Gasteiger charge is -2.32. The van der Waals surface area contributed by atoms with Gasteiger partial charge in [-0.1, -0.05) is 218 Å². The van der Waals surface area contributed by atoms with Gasteiger partial charge in [0.1, 0.15) is 11.2 Å². The highest BCUT2D eigenvalue weighted by molar-refractivity contribution is 6.30. The summed E-state index contributed by atoms with van der Waals surface area (Å²) in [5.74, 6) is 0.654. The second-order valence-corrected chi connectivity index (χ2v) is 22.8. The van der Waals surface area contributed by atoms with Crippen LogP contribution in [0.2, 0.25) is 0 Å². The molecule has 0 radical (unpaired) electrons. The molecule has 384 valence electrons. The van der Waals surface area contributed by atoms with Crippen molar-refractivity contribution in [3.63, 3.8) is 0 Å². The van der Waals surface area contributed by atoms with E-state index in [1.165, 1.54) is 65.7 Å². The number of hydrogen-bond acceptors (Lipinski definition) is 4. The third kappa shape index (κ3) is 7.79. The van der Waals surface area contributed by atoms with Crippen LogP contribution in [0.15, 0.2) is 239 Å². The van der Waals surface area contributed by atoms with Gasteiger partial charge in [0.15, 0.2) is 11.2 Å². The van der Waals surface area contributed by atoms with Crippen LogP contribution in [0.3, 0.4) is 0 Å². The Bertz CT molecular complexity index is 4580. The summed E-state index contributed by atoms with van der Waals surface area (Å²) >= 11 is 0. The van der Waals surface area contributed by atoms with Crippen molar-refractivity contribution in [2.45, 2.75) is 71.6 Å². The first-order valence-corrected chi connectivity index (χ1v) is 28.0. The molecule has 1 unspecified atom stereocenters. The molecule has 0 aliphatic heterocycles. The minimum absolute atomic E-state index is 0.209. The molecule has 2 aromatic heterocycles. The van der Waals surface area contributed by atoms with Gasteiger partial charge in [0, 0.05) is 55.0 Å². The molecule has 14 aromatic rings. The lowest BCUT2D eigenvalue weighted by atomic mass is 9.78. The minimum atomic E-state index is -0.209. The Morgan fingerprint density at radius 1 is 0.329 bits per heavy atom. The Morgan fingerprint density at radius 3 is 1.20 bits per heavy atom. The first-order chi connectivity index (χ1) is 38.5. The number of rotatable bonds is 12. The monoisotopic (exact) mass is 1020 g/mol. The van der Waals surface area contributed by atoms with E-state index in [9.17, 15) is 0 Å². The van der Waals surface area contributed by atoms with Crippen molar-refractivity contribution in [1.82, 2.24) is 0 Å². The van der Waals surface area contributed by atoms with E-state index in [2.05, 4.69) is 289 Å². The third-order valence-electron chi connectivity index (χ3n) is 17.2. The van der Waals surface area contributed by atoms with Crippen molar-refractivity contribution in [3.8, 4) is 0 Å². The summed E-state index contributed by atoms with van der Waals surface area (Å²) in [4.78, 5) is 4.94. The SMILES string of the molecule is CC(C)c1cc(N(c2ccc(C(C)c3ccccc3)cc2)c2cccc3c2oc2ccccc23)c2ccc3c(C(C)C)cc(N(c4ccc(C(C)(C)c5ccccc5)cc4)c4cccc5c4oc4ccccc45)c4ccc1c2c34. The molecular formula is C75H62N2O2. The molecule has 79 heavy (non-hydrogen) atoms. The average molecular weight is 1020 g/mol. The van der Waals surface area contributed by atoms with E-state index >= 15 is 0 Å². The van der Waals surface area contributed by atoms with Gasteiger partial charge < -0.3 is 18.6 Å². The first kappa shape index (κ1) is 48.3. The lowest BCUT2D eigenvalue weighted by molar-refractivity contribution is 0.641. The molecule has 0 amide bonds. The average Bonchev–Trinajstić information content (AvgIpc) is 4.10. The number of anilines is 6. The number of fused-ring (bicyclic) bond motifs is 6. The molecule has 4 heteroatoms. The maximum atomic E-state index is 6.95. The van der Waals surface area contributed by atoms with Crippen molar-refractivity contribution >= 4 is 110 Å². The molecule has 2 heterocycles. The van der Waals surface area contributed by atoms with Crippen molar-refractivity contribution in [3.05, 3.63) is 264 Å². The van der Waals surface area contributed by atoms with Crippen LogP contribution in [0.5, 0.6) is 0 Å². The van der Waals surface area contributed by atoms with Crippen molar-refractivity contribution < 1.29 is 8.83 Å². The van der Waals surface area contributed by atoms with Crippen LogP contribution in [-0.4, -0.2) is 0 Å². The van der Waals surface area contributed by atoms with Gasteiger partial charge in [0.05, 0.1) is 22.7 Å². The summed E-state index contributed by atoms with van der Waals surface area (Å²) in [6.45, 7) is 16.3. The molecule has 12 aromatic carbocycles. The molecule has 1 atom stereocenters. The largest absolute Gasteiger partial charge is 0.454 e. The summed E-state index contributed by atoms with van der Waals surface area (Å²) in [7, 11) is 0. The Balaban J connectivity index is 1.05. The van der Waals surface area contributed by atoms with Crippen LogP contribution in [-0.2, 0) is 5.41 Å². The zero-order valence-corrected chi connectivity index (χ0v) is 45.9. The normalized spacial score (nSPS) is 12.7. The molecule has 14 rings (SSSR count). The zero-order chi connectivity index (χ0) is 53.7. The van der Waals surface area contributed by atoms with Crippen molar-refractivity contribution in [2.75, 3.05) is 9.80 Å². The van der Waals surface area contributed by atoms with Gasteiger partial charge in [-0.15, -0.1) is 0 Å². The smallest absolute Gasteiger partial charge is 0.159 e. The molecule has 0 saturated heterocycles. The Hall–Kier alpha value is -9.12. The molecule has 0 saturated carbocycles. The predicted molar refractivity (Wildman–Crippen MR) is 335 cm³/mol. The van der Waals surface area contributed by atoms with Crippen LogP contribution in [0, 0.1) is 0 Å². The fraction of sp³-hybridized carbons (Fsp3) is 0.147. The number of furan rings is 2. The summed E-state index contributed by atoms with van der Waals surface area (Å²) in [5.41, 5.74) is 17.3. The predicted octanol–water partition coefficient (Wildman–Crippen LogP) is 22.0. The topological polar surface area (TPSA) is 32.8 Å². The van der Waals surface area contributed by atoms with Crippen LogP contribution >= 0.6 is 0 Å². The van der Waals surface area contributed by atoms with Gasteiger partial charge in [0.2, 0.25) is 0 Å². The maximum absolute atomic E-state index is 6.95. The minimum Gasteiger partial charge on any atom is -0.454 e. The molecular weight excluding hydrogens is 961 g/mol. The highest BCUT2D eigenvalue weighted by Gasteiger charge is 2.30. The van der Waals surface area contributed by atoms with E-state index in [0.29, 0.717) is 0 Å². The number of para-hydroxylation sites is 4. The summed E-state index contributed by atoms with van der Waals surface area (Å²) in [6.07, 6.45) is 0. The standard InChI is InChI=1S/C75H62N2O2/c1-46(2)63-44-67(76(53-36-32-50(33-37-53)48(5)49-20-10-8-11-21-49)65-28-18-26-59-55-24-14-16-30-69(55)78-73(59)65)61-42-40-58-64(47(3)4)45-68(62-43-41-57(63)71(61)72(58)62)77(66-29-19-27-60-56-25-15-17-31-70(56)79-74(60)66)54-38-34-52(35-39-54)75(6,7)51-22-12-9-13-23-51/h8-48H,1-7H3. The second-order valence-electron chi connectivity index (χ2n) is 22.8. The van der Waals surface area contributed by atoms with Crippen molar-refractivity contribution in [2.24, 2.45) is 0 Å². The fourth-order valence-corrected chi connectivity index (χ4v) is 12.9. The number of hydrogen-bond donors (Lipinski definition) is 0. The fourth-order valence-electron chi connectivity index (χ4n) is 12.9. The summed E-state index contributed by atoms with van der Waals surface area (Å²) < 4.78 is 13.9. The maximum Gasteiger partial charge on any atom is 0.159 e. The molecule has 0 fully saturated rings. The molecule has 0 spiro atoms. The number of nitrogens with zero attached hydrogens (tertiary/aromatic N) is 2. The highest BCUT2D eigenvalue weighted by Crippen LogP contribution is 2.53. The van der Waals surface area contributed by atoms with Gasteiger partial charge in [-0.2, -0.15) is 0 Å². The summed E-state index contributed by atoms with van der Waals surface area (Å²) in [5, 5.41) is 11.8. The molecule has 0 aliphatic carbocycles. The van der Waals surface area contributed by atoms with E-state index in [4.69, 9.17) is 8.83 Å². The molecule has 4 nitrogen and oxygen atoms in total. The summed E-state index contributed by atoms with van der Waals surface area (Å²) in [6, 6.07) is 84.7. The first-order valence-electron chi connectivity index (χ1n) is 28.0. The van der Waals surface area contributed by atoms with Gasteiger partial charge in [-0.25, -0.2) is 0 Å². The van der Waals surface area contributed by atoms with E-state index in [-0.39, 0.29) is 23.2 Å². The highest BCUT2D eigenvalue weighted by atomic mass is 16.3. The molecule has 0 N–H and O–H groups in total. The van der Waals surface area contributed by atoms with Gasteiger partial charge >= 0.3 is 0 Å². The van der Waals surface area contributed by atoms with E-state index in [0.717, 1.165) is 78.0 Å². The van der Waals surface area contributed by atoms with Crippen LogP contribution < -0.4 is 9.80 Å². The van der Waals surface area contributed by atoms with Crippen LogP contribution in [0.4, 0.5) is 34.1 Å². The van der Waals surface area contributed by atoms with E-state index < -0.39 is 0 Å². The zero-order valence-electron chi connectivity index (χ0n) is 45.9. The Morgan fingerprint density at radius 2 is 0.722 bits per heavy atom. The van der Waals surface area contributed by atoms with Gasteiger partial charge in [-0.3, -0.25) is 0 Å². The van der Waals surface area contributed by atoms with Crippen molar-refractivity contribution in [1.29, 1.82) is 0 Å². The Kier molecular flexibility index (Phi) is 11.5. The van der Waals surface area contributed by atoms with E-state index in [1.807, 2.05) is 0 Å². The van der Waals surface area contributed by atoms with Crippen LogP contribution in [0.1, 0.15) is 99.6 Å². The second kappa shape index (κ2) is 18.8.